The SMILES string of the molecule is CCC=CCC=CCC=CCC=CCC=CCC=CCCC(=O)NC(CCC(=O)Nc1cccc2c1CN(C1CCC(=O)NC1=O)C2=O)C(=O)O. The number of nitrogens with one attached hydrogen (secondary N) is 3. The monoisotopic (exact) mass is 698 g/mol. The maximum absolute atomic E-state index is 13.0. The number of fused-ring (bicyclic) bond motifs is 1. The summed E-state index contributed by atoms with van der Waals surface area (Å²) in [7, 11) is 0. The number of carbonyl (C=O) groups excluding carboxylic acids is 5. The molecular formula is C40H50N4O7. The van der Waals surface area contributed by atoms with Crippen molar-refractivity contribution < 1.29 is 33.9 Å². The van der Waals surface area contributed by atoms with Crippen molar-refractivity contribution in [1.82, 2.24) is 15.5 Å². The number of rotatable bonds is 21. The van der Waals surface area contributed by atoms with Crippen LogP contribution in [0.15, 0.2) is 91.1 Å². The molecule has 2 aliphatic heterocycles. The van der Waals surface area contributed by atoms with Crippen molar-refractivity contribution >= 4 is 41.2 Å². The molecule has 2 atom stereocenters. The van der Waals surface area contributed by atoms with Crippen molar-refractivity contribution in [3.05, 3.63) is 102 Å². The van der Waals surface area contributed by atoms with Crippen LogP contribution in [-0.2, 0) is 30.5 Å². The molecule has 2 unspecified atom stereocenters. The van der Waals surface area contributed by atoms with Crippen LogP contribution in [0.3, 0.4) is 0 Å². The smallest absolute Gasteiger partial charge is 0.326 e. The fourth-order valence-electron chi connectivity index (χ4n) is 5.57. The summed E-state index contributed by atoms with van der Waals surface area (Å²) >= 11 is 0. The van der Waals surface area contributed by atoms with E-state index >= 15 is 0 Å². The minimum Gasteiger partial charge on any atom is -0.480 e. The Kier molecular flexibility index (Phi) is 17.6. The van der Waals surface area contributed by atoms with E-state index < -0.39 is 35.8 Å². The molecule has 2 heterocycles. The fraction of sp³-hybridized carbons (Fsp3) is 0.400. The van der Waals surface area contributed by atoms with Gasteiger partial charge >= 0.3 is 5.97 Å². The Bertz CT molecular complexity index is 1570. The van der Waals surface area contributed by atoms with Crippen LogP contribution in [0.2, 0.25) is 0 Å². The summed E-state index contributed by atoms with van der Waals surface area (Å²) in [5, 5.41) is 17.1. The molecule has 1 aromatic rings. The molecule has 0 radical (unpaired) electrons. The third-order valence-electron chi connectivity index (χ3n) is 8.28. The number of aliphatic carboxylic acids is 1. The second-order valence-corrected chi connectivity index (χ2v) is 12.2. The second kappa shape index (κ2) is 22.4. The average molecular weight is 699 g/mol. The zero-order valence-corrected chi connectivity index (χ0v) is 29.4. The van der Waals surface area contributed by atoms with Gasteiger partial charge in [0.15, 0.2) is 0 Å². The lowest BCUT2D eigenvalue weighted by molar-refractivity contribution is -0.142. The normalized spacial score (nSPS) is 17.1. The van der Waals surface area contributed by atoms with Gasteiger partial charge in [0.05, 0.1) is 0 Å². The number of benzene rings is 1. The van der Waals surface area contributed by atoms with Gasteiger partial charge < -0.3 is 20.6 Å². The standard InChI is InChI=1S/C40H50N4O7/c1-2-3-4-5-6-7-8-9-10-11-12-13-14-15-16-17-18-19-20-24-35(45)42-33(40(50)51)25-27-36(46)41-32-23-21-22-30-31(32)29-44(39(30)49)34-26-28-37(47)43-38(34)48/h3-4,6-7,9-10,12-13,15-16,18-19,21-23,33-34H,2,5,8,11,14,17,20,24-29H2,1H3,(H,41,46)(H,42,45)(H,50,51)(H,43,47,48). The van der Waals surface area contributed by atoms with Gasteiger partial charge in [-0.25, -0.2) is 4.79 Å². The van der Waals surface area contributed by atoms with Crippen molar-refractivity contribution in [2.24, 2.45) is 0 Å². The van der Waals surface area contributed by atoms with E-state index in [4.69, 9.17) is 0 Å². The van der Waals surface area contributed by atoms with Gasteiger partial charge in [-0.05, 0) is 69.9 Å². The summed E-state index contributed by atoms with van der Waals surface area (Å²) in [4.78, 5) is 75.3. The van der Waals surface area contributed by atoms with E-state index in [-0.39, 0.29) is 50.5 Å². The topological polar surface area (TPSA) is 162 Å². The van der Waals surface area contributed by atoms with Crippen molar-refractivity contribution in [3.8, 4) is 0 Å². The number of nitrogens with zero attached hydrogens (tertiary/aromatic N) is 1. The number of hydrogen-bond donors (Lipinski definition) is 4. The maximum atomic E-state index is 13.0. The summed E-state index contributed by atoms with van der Waals surface area (Å²) in [6, 6.07) is 2.82. The van der Waals surface area contributed by atoms with Crippen LogP contribution in [0.1, 0.15) is 99.9 Å². The molecule has 2 aliphatic rings. The molecule has 1 aromatic carbocycles. The fourth-order valence-corrected chi connectivity index (χ4v) is 5.57. The van der Waals surface area contributed by atoms with Crippen LogP contribution in [0.25, 0.3) is 0 Å². The van der Waals surface area contributed by atoms with Crippen molar-refractivity contribution in [3.63, 3.8) is 0 Å². The maximum Gasteiger partial charge on any atom is 0.326 e. The zero-order chi connectivity index (χ0) is 36.8. The highest BCUT2D eigenvalue weighted by atomic mass is 16.4. The largest absolute Gasteiger partial charge is 0.480 e. The van der Waals surface area contributed by atoms with Gasteiger partial charge in [-0.3, -0.25) is 29.3 Å². The molecule has 11 heteroatoms. The number of carboxylic acids is 1. The third kappa shape index (κ3) is 14.2. The Balaban J connectivity index is 1.32. The van der Waals surface area contributed by atoms with Gasteiger partial charge in [0, 0.05) is 42.6 Å². The Morgan fingerprint density at radius 3 is 2.00 bits per heavy atom. The Labute approximate surface area is 300 Å². The first-order valence-corrected chi connectivity index (χ1v) is 17.7. The Hall–Kier alpha value is -5.32. The molecule has 5 amide bonds. The summed E-state index contributed by atoms with van der Waals surface area (Å²) in [6.45, 7) is 2.21. The molecule has 0 bridgehead atoms. The minimum absolute atomic E-state index is 0.0848. The minimum atomic E-state index is -1.24. The molecule has 0 spiro atoms. The summed E-state index contributed by atoms with van der Waals surface area (Å²) in [5.41, 5.74) is 1.27. The number of carboxylic acid groups (broad SMARTS) is 1. The van der Waals surface area contributed by atoms with Gasteiger partial charge in [0.2, 0.25) is 23.6 Å². The molecule has 11 nitrogen and oxygen atoms in total. The number of amides is 5. The van der Waals surface area contributed by atoms with Gasteiger partial charge in [0.25, 0.3) is 5.91 Å². The van der Waals surface area contributed by atoms with Gasteiger partial charge in [-0.15, -0.1) is 0 Å². The van der Waals surface area contributed by atoms with Crippen LogP contribution < -0.4 is 16.0 Å². The van der Waals surface area contributed by atoms with E-state index in [0.29, 0.717) is 23.2 Å². The number of piperidine rings is 1. The molecule has 1 fully saturated rings. The van der Waals surface area contributed by atoms with E-state index in [1.165, 1.54) is 4.90 Å². The first-order valence-electron chi connectivity index (χ1n) is 17.7. The highest BCUT2D eigenvalue weighted by Gasteiger charge is 2.40. The number of allylic oxidation sites excluding steroid dienone is 12. The van der Waals surface area contributed by atoms with Crippen LogP contribution in [0.5, 0.6) is 0 Å². The molecule has 0 saturated carbocycles. The van der Waals surface area contributed by atoms with Gasteiger partial charge in [0.1, 0.15) is 12.1 Å². The lowest BCUT2D eigenvalue weighted by Crippen LogP contribution is -2.52. The molecule has 51 heavy (non-hydrogen) atoms. The number of imide groups is 1. The predicted molar refractivity (Wildman–Crippen MR) is 197 cm³/mol. The molecule has 1 saturated heterocycles. The highest BCUT2D eigenvalue weighted by Crippen LogP contribution is 2.32. The summed E-state index contributed by atoms with van der Waals surface area (Å²) in [6.07, 6.45) is 31.3. The number of carbonyl (C=O) groups is 6. The zero-order valence-electron chi connectivity index (χ0n) is 29.4. The highest BCUT2D eigenvalue weighted by molar-refractivity contribution is 6.06. The lowest BCUT2D eigenvalue weighted by atomic mass is 10.0. The molecule has 0 aliphatic carbocycles. The van der Waals surface area contributed by atoms with Gasteiger partial charge in [-0.1, -0.05) is 85.9 Å². The summed E-state index contributed by atoms with van der Waals surface area (Å²) < 4.78 is 0. The lowest BCUT2D eigenvalue weighted by Gasteiger charge is -2.29. The third-order valence-corrected chi connectivity index (χ3v) is 8.28. The van der Waals surface area contributed by atoms with E-state index in [2.05, 4.69) is 83.6 Å². The van der Waals surface area contributed by atoms with Crippen molar-refractivity contribution in [1.29, 1.82) is 0 Å². The van der Waals surface area contributed by atoms with Crippen LogP contribution in [0.4, 0.5) is 5.69 Å². The Morgan fingerprint density at radius 2 is 1.43 bits per heavy atom. The van der Waals surface area contributed by atoms with Crippen molar-refractivity contribution in [2.45, 2.75) is 103 Å². The van der Waals surface area contributed by atoms with Gasteiger partial charge in [-0.2, -0.15) is 0 Å². The van der Waals surface area contributed by atoms with E-state index in [9.17, 15) is 33.9 Å². The summed E-state index contributed by atoms with van der Waals surface area (Å²) in [5.74, 6) is -3.42. The van der Waals surface area contributed by atoms with Crippen molar-refractivity contribution in [2.75, 3.05) is 5.32 Å². The Morgan fingerprint density at radius 1 is 0.843 bits per heavy atom. The van der Waals surface area contributed by atoms with Crippen LogP contribution >= 0.6 is 0 Å². The predicted octanol–water partition coefficient (Wildman–Crippen LogP) is 6.21. The molecule has 0 aromatic heterocycles. The molecular weight excluding hydrogens is 648 g/mol. The number of anilines is 1. The number of hydrogen-bond acceptors (Lipinski definition) is 6. The first kappa shape index (κ1) is 40.1. The molecule has 4 N–H and O–H groups in total. The van der Waals surface area contributed by atoms with E-state index in [1.54, 1.807) is 18.2 Å². The van der Waals surface area contributed by atoms with Crippen LogP contribution in [0, 0.1) is 0 Å². The van der Waals surface area contributed by atoms with Crippen LogP contribution in [-0.4, -0.2) is 57.6 Å². The molecule has 272 valence electrons. The van der Waals surface area contributed by atoms with E-state index in [0.717, 1.165) is 38.5 Å². The first-order chi connectivity index (χ1) is 24.7. The quantitative estimate of drug-likeness (QED) is 0.0876. The molecule has 3 rings (SSSR count). The van der Waals surface area contributed by atoms with E-state index in [1.807, 2.05) is 12.2 Å². The second-order valence-electron chi connectivity index (χ2n) is 12.2. The average Bonchev–Trinajstić information content (AvgIpc) is 3.44.